The van der Waals surface area contributed by atoms with E-state index in [0.717, 1.165) is 11.4 Å². The van der Waals surface area contributed by atoms with Crippen LogP contribution in [0.2, 0.25) is 0 Å². The maximum Gasteiger partial charge on any atom is 0.103 e. The molecule has 0 aliphatic heterocycles. The number of nitriles is 1. The van der Waals surface area contributed by atoms with Gasteiger partial charge >= 0.3 is 0 Å². The summed E-state index contributed by atoms with van der Waals surface area (Å²) in [4.78, 5) is 2.01. The molecule has 0 aliphatic carbocycles. The average Bonchev–Trinajstić information content (AvgIpc) is 2.15. The van der Waals surface area contributed by atoms with Gasteiger partial charge in [-0.3, -0.25) is 0 Å². The van der Waals surface area contributed by atoms with Crippen molar-refractivity contribution in [2.24, 2.45) is 0 Å². The van der Waals surface area contributed by atoms with E-state index >= 15 is 0 Å². The number of hydrogen-bond acceptors (Lipinski definition) is 3. The van der Waals surface area contributed by atoms with E-state index in [4.69, 9.17) is 5.26 Å². The molecule has 0 amide bonds. The molecular weight excluding hydrogens is 162 g/mol. The Kier molecular flexibility index (Phi) is 3.15. The summed E-state index contributed by atoms with van der Waals surface area (Å²) in [6, 6.07) is 9.96. The average molecular weight is 175 g/mol. The zero-order valence-corrected chi connectivity index (χ0v) is 7.91. The predicted molar refractivity (Wildman–Crippen MR) is 54.9 cm³/mol. The fourth-order valence-corrected chi connectivity index (χ4v) is 1.15. The van der Waals surface area contributed by atoms with E-state index in [-0.39, 0.29) is 0 Å². The van der Waals surface area contributed by atoms with Gasteiger partial charge in [-0.05, 0) is 12.1 Å². The van der Waals surface area contributed by atoms with Crippen LogP contribution in [0.1, 0.15) is 0 Å². The Morgan fingerprint density at radius 1 is 1.38 bits per heavy atom. The second-order valence-electron chi connectivity index (χ2n) is 2.92. The molecule has 1 N–H and O–H groups in total. The van der Waals surface area contributed by atoms with Gasteiger partial charge in [-0.2, -0.15) is 5.26 Å². The van der Waals surface area contributed by atoms with Crippen molar-refractivity contribution >= 4 is 11.4 Å². The second-order valence-corrected chi connectivity index (χ2v) is 2.92. The number of hydrogen-bond donors (Lipinski definition) is 1. The Morgan fingerprint density at radius 2 is 2.08 bits per heavy atom. The largest absolute Gasteiger partial charge is 0.376 e. The van der Waals surface area contributed by atoms with Gasteiger partial charge in [0.25, 0.3) is 0 Å². The van der Waals surface area contributed by atoms with Gasteiger partial charge in [0.05, 0.1) is 17.4 Å². The van der Waals surface area contributed by atoms with Crippen molar-refractivity contribution < 1.29 is 0 Å². The van der Waals surface area contributed by atoms with Crippen LogP contribution in [0, 0.1) is 11.3 Å². The summed E-state index contributed by atoms with van der Waals surface area (Å²) >= 11 is 0. The highest BCUT2D eigenvalue weighted by Crippen LogP contribution is 2.22. The lowest BCUT2D eigenvalue weighted by Crippen LogP contribution is -2.12. The molecule has 3 nitrogen and oxygen atoms in total. The molecule has 68 valence electrons. The molecule has 0 saturated heterocycles. The molecule has 0 unspecified atom stereocenters. The molecular formula is C10H13N3. The Morgan fingerprint density at radius 3 is 2.69 bits per heavy atom. The highest BCUT2D eigenvalue weighted by atomic mass is 15.1. The van der Waals surface area contributed by atoms with Gasteiger partial charge in [-0.1, -0.05) is 12.1 Å². The summed E-state index contributed by atoms with van der Waals surface area (Å²) in [5.74, 6) is 0. The molecule has 0 radical (unpaired) electrons. The molecule has 1 aromatic rings. The SMILES string of the molecule is CN(C)c1ccccc1NCC#N. The quantitative estimate of drug-likeness (QED) is 0.710. The monoisotopic (exact) mass is 175 g/mol. The Hall–Kier alpha value is -1.69. The molecule has 0 aliphatic rings. The first-order chi connectivity index (χ1) is 6.25. The van der Waals surface area contributed by atoms with E-state index in [9.17, 15) is 0 Å². The molecule has 0 spiro atoms. The van der Waals surface area contributed by atoms with E-state index in [2.05, 4.69) is 11.4 Å². The van der Waals surface area contributed by atoms with Crippen molar-refractivity contribution in [1.29, 1.82) is 5.26 Å². The zero-order valence-electron chi connectivity index (χ0n) is 7.91. The first-order valence-electron chi connectivity index (χ1n) is 4.13. The van der Waals surface area contributed by atoms with Gasteiger partial charge in [0.2, 0.25) is 0 Å². The molecule has 0 bridgehead atoms. The number of nitrogens with one attached hydrogen (secondary N) is 1. The van der Waals surface area contributed by atoms with Crippen LogP contribution in [-0.2, 0) is 0 Å². The van der Waals surface area contributed by atoms with Gasteiger partial charge in [0.15, 0.2) is 0 Å². The van der Waals surface area contributed by atoms with Crippen molar-refractivity contribution in [2.75, 3.05) is 30.9 Å². The van der Waals surface area contributed by atoms with Crippen LogP contribution >= 0.6 is 0 Å². The summed E-state index contributed by atoms with van der Waals surface area (Å²) in [5.41, 5.74) is 2.09. The normalized spacial score (nSPS) is 9.00. The Bertz CT molecular complexity index is 312. The first-order valence-corrected chi connectivity index (χ1v) is 4.13. The second kappa shape index (κ2) is 4.36. The van der Waals surface area contributed by atoms with Crippen LogP contribution in [0.15, 0.2) is 24.3 Å². The van der Waals surface area contributed by atoms with E-state index in [1.807, 2.05) is 43.3 Å². The predicted octanol–water partition coefficient (Wildman–Crippen LogP) is 1.69. The molecule has 0 aromatic heterocycles. The highest BCUT2D eigenvalue weighted by Gasteiger charge is 2.00. The van der Waals surface area contributed by atoms with Crippen molar-refractivity contribution in [3.8, 4) is 6.07 Å². The van der Waals surface area contributed by atoms with Crippen molar-refractivity contribution in [3.63, 3.8) is 0 Å². The maximum atomic E-state index is 8.43. The molecule has 0 atom stereocenters. The smallest absolute Gasteiger partial charge is 0.103 e. The maximum absolute atomic E-state index is 8.43. The number of para-hydroxylation sites is 2. The van der Waals surface area contributed by atoms with Crippen LogP contribution in [0.4, 0.5) is 11.4 Å². The van der Waals surface area contributed by atoms with E-state index in [1.54, 1.807) is 0 Å². The lowest BCUT2D eigenvalue weighted by Gasteiger charge is -2.17. The molecule has 13 heavy (non-hydrogen) atoms. The fourth-order valence-electron chi connectivity index (χ4n) is 1.15. The van der Waals surface area contributed by atoms with Gasteiger partial charge in [0, 0.05) is 14.1 Å². The minimum absolute atomic E-state index is 0.338. The minimum Gasteiger partial charge on any atom is -0.376 e. The molecule has 1 rings (SSSR count). The van der Waals surface area contributed by atoms with Crippen molar-refractivity contribution in [2.45, 2.75) is 0 Å². The lowest BCUT2D eigenvalue weighted by atomic mass is 10.2. The Labute approximate surface area is 78.6 Å². The van der Waals surface area contributed by atoms with Gasteiger partial charge in [-0.25, -0.2) is 0 Å². The number of nitrogens with zero attached hydrogens (tertiary/aromatic N) is 2. The first kappa shape index (κ1) is 9.40. The molecule has 3 heteroatoms. The van der Waals surface area contributed by atoms with E-state index in [1.165, 1.54) is 0 Å². The highest BCUT2D eigenvalue weighted by molar-refractivity contribution is 5.69. The summed E-state index contributed by atoms with van der Waals surface area (Å²) in [7, 11) is 3.96. The van der Waals surface area contributed by atoms with E-state index < -0.39 is 0 Å². The topological polar surface area (TPSA) is 39.1 Å². The molecule has 0 fully saturated rings. The molecule has 0 heterocycles. The zero-order chi connectivity index (χ0) is 9.68. The van der Waals surface area contributed by atoms with Crippen LogP contribution < -0.4 is 10.2 Å². The van der Waals surface area contributed by atoms with Crippen molar-refractivity contribution in [1.82, 2.24) is 0 Å². The number of benzene rings is 1. The summed E-state index contributed by atoms with van der Waals surface area (Å²) < 4.78 is 0. The third-order valence-electron chi connectivity index (χ3n) is 1.74. The molecule has 1 aromatic carbocycles. The summed E-state index contributed by atoms with van der Waals surface area (Å²) in [6.45, 7) is 0.338. The number of rotatable bonds is 3. The van der Waals surface area contributed by atoms with Gasteiger partial charge in [-0.15, -0.1) is 0 Å². The Balaban J connectivity index is 2.86. The summed E-state index contributed by atoms with van der Waals surface area (Å²) in [6.07, 6.45) is 0. The van der Waals surface area contributed by atoms with Gasteiger partial charge in [0.1, 0.15) is 6.54 Å². The van der Waals surface area contributed by atoms with E-state index in [0.29, 0.717) is 6.54 Å². The van der Waals surface area contributed by atoms with Crippen LogP contribution in [0.3, 0.4) is 0 Å². The van der Waals surface area contributed by atoms with Crippen LogP contribution in [0.25, 0.3) is 0 Å². The standard InChI is InChI=1S/C10H13N3/c1-13(2)10-6-4-3-5-9(10)12-8-7-11/h3-6,12H,8H2,1-2H3. The lowest BCUT2D eigenvalue weighted by molar-refractivity contribution is 1.13. The number of anilines is 2. The molecule has 0 saturated carbocycles. The van der Waals surface area contributed by atoms with Gasteiger partial charge < -0.3 is 10.2 Å². The minimum atomic E-state index is 0.338. The summed E-state index contributed by atoms with van der Waals surface area (Å²) in [5, 5.41) is 11.5. The third kappa shape index (κ3) is 2.38. The third-order valence-corrected chi connectivity index (χ3v) is 1.74. The van der Waals surface area contributed by atoms with Crippen molar-refractivity contribution in [3.05, 3.63) is 24.3 Å². The fraction of sp³-hybridized carbons (Fsp3) is 0.300. The van der Waals surface area contributed by atoms with Crippen LogP contribution in [0.5, 0.6) is 0 Å². The van der Waals surface area contributed by atoms with Crippen LogP contribution in [-0.4, -0.2) is 20.6 Å².